The van der Waals surface area contributed by atoms with Gasteiger partial charge in [0, 0.05) is 15.9 Å². The summed E-state index contributed by atoms with van der Waals surface area (Å²) < 4.78 is 1.18. The van der Waals surface area contributed by atoms with Gasteiger partial charge in [-0.1, -0.05) is 19.3 Å². The Labute approximate surface area is 110 Å². The molecule has 4 heteroatoms. The van der Waals surface area contributed by atoms with Gasteiger partial charge in [0.15, 0.2) is 0 Å². The SMILES string of the molecule is NCC(NCCC1CCC1)c1sccc1Br. The maximum atomic E-state index is 5.82. The molecule has 1 aromatic heterocycles. The fourth-order valence-corrected chi connectivity index (χ4v) is 3.82. The molecule has 1 aliphatic carbocycles. The number of hydrogen-bond acceptors (Lipinski definition) is 3. The number of nitrogens with two attached hydrogens (primary N) is 1. The Morgan fingerprint density at radius 1 is 1.56 bits per heavy atom. The second kappa shape index (κ2) is 6.15. The monoisotopic (exact) mass is 302 g/mol. The summed E-state index contributed by atoms with van der Waals surface area (Å²) in [5.41, 5.74) is 5.82. The summed E-state index contributed by atoms with van der Waals surface area (Å²) in [5, 5.41) is 5.67. The molecule has 1 fully saturated rings. The Morgan fingerprint density at radius 2 is 2.38 bits per heavy atom. The van der Waals surface area contributed by atoms with Gasteiger partial charge in [0.2, 0.25) is 0 Å². The predicted molar refractivity (Wildman–Crippen MR) is 73.8 cm³/mol. The molecule has 0 bridgehead atoms. The molecule has 0 saturated heterocycles. The van der Waals surface area contributed by atoms with E-state index in [1.54, 1.807) is 11.3 Å². The topological polar surface area (TPSA) is 38.0 Å². The quantitative estimate of drug-likeness (QED) is 0.846. The maximum Gasteiger partial charge on any atom is 0.0550 e. The first-order valence-corrected chi connectivity index (χ1v) is 7.65. The molecular formula is C12H19BrN2S. The van der Waals surface area contributed by atoms with E-state index in [0.29, 0.717) is 12.6 Å². The van der Waals surface area contributed by atoms with Gasteiger partial charge in [-0.05, 0) is 46.3 Å². The third-order valence-corrected chi connectivity index (χ3v) is 5.35. The van der Waals surface area contributed by atoms with Crippen molar-refractivity contribution in [2.45, 2.75) is 31.7 Å². The molecule has 0 amide bonds. The van der Waals surface area contributed by atoms with Crippen LogP contribution in [0.2, 0.25) is 0 Å². The molecule has 2 rings (SSSR count). The Bertz CT molecular complexity index is 323. The van der Waals surface area contributed by atoms with E-state index in [2.05, 4.69) is 32.7 Å². The molecule has 16 heavy (non-hydrogen) atoms. The molecule has 0 aliphatic heterocycles. The summed E-state index contributed by atoms with van der Waals surface area (Å²) in [4.78, 5) is 1.33. The molecule has 3 N–H and O–H groups in total. The Balaban J connectivity index is 1.78. The summed E-state index contributed by atoms with van der Waals surface area (Å²) >= 11 is 5.34. The molecular weight excluding hydrogens is 284 g/mol. The highest BCUT2D eigenvalue weighted by Gasteiger charge is 2.18. The van der Waals surface area contributed by atoms with Gasteiger partial charge in [-0.3, -0.25) is 0 Å². The zero-order valence-electron chi connectivity index (χ0n) is 9.42. The van der Waals surface area contributed by atoms with Crippen molar-refractivity contribution in [1.82, 2.24) is 5.32 Å². The van der Waals surface area contributed by atoms with Crippen molar-refractivity contribution in [3.05, 3.63) is 20.8 Å². The standard InChI is InChI=1S/C12H19BrN2S/c13-10-5-7-16-12(10)11(8-14)15-6-4-9-2-1-3-9/h5,7,9,11,15H,1-4,6,8,14H2. The van der Waals surface area contributed by atoms with Crippen LogP contribution in [-0.4, -0.2) is 13.1 Å². The van der Waals surface area contributed by atoms with Crippen molar-refractivity contribution in [1.29, 1.82) is 0 Å². The van der Waals surface area contributed by atoms with Crippen molar-refractivity contribution < 1.29 is 0 Å². The van der Waals surface area contributed by atoms with Gasteiger partial charge in [-0.15, -0.1) is 11.3 Å². The average molecular weight is 303 g/mol. The second-order valence-electron chi connectivity index (χ2n) is 4.46. The number of halogens is 1. The summed E-state index contributed by atoms with van der Waals surface area (Å²) in [5.74, 6) is 0.970. The van der Waals surface area contributed by atoms with Gasteiger partial charge >= 0.3 is 0 Å². The zero-order valence-corrected chi connectivity index (χ0v) is 11.8. The Kier molecular flexibility index (Phi) is 4.82. The van der Waals surface area contributed by atoms with Gasteiger partial charge in [-0.25, -0.2) is 0 Å². The molecule has 1 aliphatic rings. The third-order valence-electron chi connectivity index (χ3n) is 3.37. The van der Waals surface area contributed by atoms with Gasteiger partial charge in [0.05, 0.1) is 6.04 Å². The second-order valence-corrected chi connectivity index (χ2v) is 6.26. The average Bonchev–Trinajstić information content (AvgIpc) is 2.62. The van der Waals surface area contributed by atoms with Crippen molar-refractivity contribution in [2.75, 3.05) is 13.1 Å². The van der Waals surface area contributed by atoms with E-state index in [1.807, 2.05) is 0 Å². The van der Waals surface area contributed by atoms with Crippen LogP contribution < -0.4 is 11.1 Å². The van der Waals surface area contributed by atoms with Crippen LogP contribution in [0, 0.1) is 5.92 Å². The van der Waals surface area contributed by atoms with Crippen LogP contribution in [0.25, 0.3) is 0 Å². The van der Waals surface area contributed by atoms with Crippen molar-refractivity contribution in [3.8, 4) is 0 Å². The molecule has 2 nitrogen and oxygen atoms in total. The van der Waals surface area contributed by atoms with Crippen molar-refractivity contribution in [2.24, 2.45) is 11.7 Å². The Morgan fingerprint density at radius 3 is 2.88 bits per heavy atom. The van der Waals surface area contributed by atoms with Crippen molar-refractivity contribution in [3.63, 3.8) is 0 Å². The number of thiophene rings is 1. The lowest BCUT2D eigenvalue weighted by molar-refractivity contribution is 0.288. The molecule has 90 valence electrons. The maximum absolute atomic E-state index is 5.82. The van der Waals surface area contributed by atoms with Crippen LogP contribution in [0.3, 0.4) is 0 Å². The van der Waals surface area contributed by atoms with E-state index in [-0.39, 0.29) is 0 Å². The largest absolute Gasteiger partial charge is 0.329 e. The molecule has 1 aromatic rings. The smallest absolute Gasteiger partial charge is 0.0550 e. The minimum absolute atomic E-state index is 0.314. The van der Waals surface area contributed by atoms with E-state index in [4.69, 9.17) is 5.73 Å². The minimum atomic E-state index is 0.314. The summed E-state index contributed by atoms with van der Waals surface area (Å²) in [6.07, 6.45) is 5.59. The van der Waals surface area contributed by atoms with Gasteiger partial charge < -0.3 is 11.1 Å². The summed E-state index contributed by atoms with van der Waals surface area (Å²) in [6.45, 7) is 1.76. The number of hydrogen-bond donors (Lipinski definition) is 2. The van der Waals surface area contributed by atoms with Crippen LogP contribution in [0.1, 0.15) is 36.6 Å². The molecule has 0 aromatic carbocycles. The zero-order chi connectivity index (χ0) is 11.4. The Hall–Kier alpha value is 0.100. The van der Waals surface area contributed by atoms with E-state index >= 15 is 0 Å². The number of nitrogens with one attached hydrogen (secondary N) is 1. The van der Waals surface area contributed by atoms with E-state index in [1.165, 1.54) is 35.0 Å². The molecule has 0 spiro atoms. The fraction of sp³-hybridized carbons (Fsp3) is 0.667. The van der Waals surface area contributed by atoms with Gasteiger partial charge in [0.25, 0.3) is 0 Å². The highest BCUT2D eigenvalue weighted by atomic mass is 79.9. The van der Waals surface area contributed by atoms with Gasteiger partial charge in [-0.2, -0.15) is 0 Å². The first-order chi connectivity index (χ1) is 7.81. The molecule has 1 atom stereocenters. The van der Waals surface area contributed by atoms with Crippen LogP contribution in [-0.2, 0) is 0 Å². The lowest BCUT2D eigenvalue weighted by atomic mass is 9.83. The lowest BCUT2D eigenvalue weighted by Crippen LogP contribution is -2.30. The van der Waals surface area contributed by atoms with Gasteiger partial charge in [0.1, 0.15) is 0 Å². The van der Waals surface area contributed by atoms with Crippen LogP contribution in [0.5, 0.6) is 0 Å². The summed E-state index contributed by atoms with van der Waals surface area (Å²) in [7, 11) is 0. The molecule has 1 saturated carbocycles. The van der Waals surface area contributed by atoms with E-state index in [9.17, 15) is 0 Å². The van der Waals surface area contributed by atoms with Crippen LogP contribution in [0.4, 0.5) is 0 Å². The predicted octanol–water partition coefficient (Wildman–Crippen LogP) is 3.29. The molecule has 0 radical (unpaired) electrons. The van der Waals surface area contributed by atoms with Crippen LogP contribution >= 0.6 is 27.3 Å². The molecule has 1 unspecified atom stereocenters. The highest BCUT2D eigenvalue weighted by molar-refractivity contribution is 9.10. The minimum Gasteiger partial charge on any atom is -0.329 e. The normalized spacial score (nSPS) is 18.4. The molecule has 1 heterocycles. The summed E-state index contributed by atoms with van der Waals surface area (Å²) in [6, 6.07) is 2.41. The number of rotatable bonds is 6. The van der Waals surface area contributed by atoms with E-state index < -0.39 is 0 Å². The first kappa shape index (κ1) is 12.6. The lowest BCUT2D eigenvalue weighted by Gasteiger charge is -2.26. The van der Waals surface area contributed by atoms with Crippen molar-refractivity contribution >= 4 is 27.3 Å². The van der Waals surface area contributed by atoms with E-state index in [0.717, 1.165) is 12.5 Å². The highest BCUT2D eigenvalue weighted by Crippen LogP contribution is 2.30. The van der Waals surface area contributed by atoms with Crippen LogP contribution in [0.15, 0.2) is 15.9 Å². The third kappa shape index (κ3) is 3.06. The first-order valence-electron chi connectivity index (χ1n) is 5.97. The fourth-order valence-electron chi connectivity index (χ4n) is 2.08.